The highest BCUT2D eigenvalue weighted by atomic mass is 16.5. The van der Waals surface area contributed by atoms with E-state index in [1.54, 1.807) is 23.9 Å². The summed E-state index contributed by atoms with van der Waals surface area (Å²) in [6.45, 7) is 4.81. The molecule has 2 saturated heterocycles. The van der Waals surface area contributed by atoms with Gasteiger partial charge in [0.05, 0.1) is 13.7 Å². The minimum atomic E-state index is -0.239. The topological polar surface area (TPSA) is 145 Å². The van der Waals surface area contributed by atoms with Crippen molar-refractivity contribution >= 4 is 45.5 Å². The van der Waals surface area contributed by atoms with E-state index in [1.807, 2.05) is 12.1 Å². The zero-order valence-corrected chi connectivity index (χ0v) is 38.9. The lowest BCUT2D eigenvalue weighted by atomic mass is 9.75. The van der Waals surface area contributed by atoms with Crippen LogP contribution in [0.5, 0.6) is 0 Å². The largest absolute Gasteiger partial charge is 0.469 e. The molecule has 4 aliphatic rings. The van der Waals surface area contributed by atoms with Crippen LogP contribution < -0.4 is 5.32 Å². The van der Waals surface area contributed by atoms with Crippen LogP contribution in [0.2, 0.25) is 0 Å². The van der Waals surface area contributed by atoms with Crippen molar-refractivity contribution < 1.29 is 38.5 Å². The van der Waals surface area contributed by atoms with E-state index in [9.17, 15) is 19.2 Å². The van der Waals surface area contributed by atoms with E-state index in [0.717, 1.165) is 82.4 Å². The molecule has 2 atom stereocenters. The van der Waals surface area contributed by atoms with Gasteiger partial charge in [0.1, 0.15) is 0 Å². The zero-order chi connectivity index (χ0) is 45.3. The van der Waals surface area contributed by atoms with Crippen LogP contribution in [0.25, 0.3) is 21.8 Å². The number of rotatable bonds is 14. The lowest BCUT2D eigenvalue weighted by Gasteiger charge is -2.33. The van der Waals surface area contributed by atoms with Crippen molar-refractivity contribution in [1.29, 1.82) is 0 Å². The molecule has 2 aliphatic carbocycles. The molecule has 2 N–H and O–H groups in total. The lowest BCUT2D eigenvalue weighted by Crippen LogP contribution is -2.30. The maximum Gasteiger partial charge on any atom is 0.305 e. The van der Waals surface area contributed by atoms with Crippen molar-refractivity contribution in [2.75, 3.05) is 73.9 Å². The first-order valence-electron chi connectivity index (χ1n) is 23.8. The van der Waals surface area contributed by atoms with Crippen molar-refractivity contribution in [3.63, 3.8) is 0 Å². The third-order valence-electron chi connectivity index (χ3n) is 14.8. The van der Waals surface area contributed by atoms with Gasteiger partial charge in [0, 0.05) is 131 Å². The number of carbonyl (C=O) groups excluding carboxylic acids is 4. The third kappa shape index (κ3) is 10.9. The van der Waals surface area contributed by atoms with Crippen LogP contribution >= 0.6 is 0 Å². The van der Waals surface area contributed by atoms with Gasteiger partial charge in [-0.1, -0.05) is 0 Å². The fourth-order valence-corrected chi connectivity index (χ4v) is 11.0. The molecule has 0 bridgehead atoms. The molecule has 2 aliphatic heterocycles. The average Bonchev–Trinajstić information content (AvgIpc) is 3.78. The summed E-state index contributed by atoms with van der Waals surface area (Å²) in [4.78, 5) is 52.5. The number of esters is 1. The number of aliphatic hydroxyl groups excluding tert-OH is 1. The summed E-state index contributed by atoms with van der Waals surface area (Å²) in [6, 6.07) is 12.2. The molecule has 0 saturated carbocycles. The molecule has 2 aromatic carbocycles. The summed E-state index contributed by atoms with van der Waals surface area (Å²) in [5.74, 6) is 2.56. The molecule has 2 fully saturated rings. The van der Waals surface area contributed by atoms with E-state index in [4.69, 9.17) is 14.6 Å². The van der Waals surface area contributed by atoms with Gasteiger partial charge >= 0.3 is 5.97 Å². The minimum Gasteiger partial charge on any atom is -0.469 e. The molecule has 2 aromatic heterocycles. The quantitative estimate of drug-likeness (QED) is 0.139. The average molecular weight is 882 g/mol. The van der Waals surface area contributed by atoms with Crippen molar-refractivity contribution in [3.8, 4) is 0 Å². The zero-order valence-electron chi connectivity index (χ0n) is 38.9. The summed E-state index contributed by atoms with van der Waals surface area (Å²) in [7, 11) is 9.27. The van der Waals surface area contributed by atoms with E-state index in [1.165, 1.54) is 77.1 Å². The predicted octanol–water partition coefficient (Wildman–Crippen LogP) is 6.41. The van der Waals surface area contributed by atoms with Gasteiger partial charge in [-0.2, -0.15) is 0 Å². The van der Waals surface area contributed by atoms with Crippen LogP contribution in [-0.4, -0.2) is 122 Å². The number of hydrogen-bond acceptors (Lipinski definition) is 8. The Morgan fingerprint density at radius 3 is 1.58 bits per heavy atom. The summed E-state index contributed by atoms with van der Waals surface area (Å²) < 4.78 is 20.5. The Morgan fingerprint density at radius 2 is 1.14 bits per heavy atom. The summed E-state index contributed by atoms with van der Waals surface area (Å²) in [5.41, 5.74) is 9.53. The number of aromatic nitrogens is 2. The second-order valence-electron chi connectivity index (χ2n) is 18.6. The van der Waals surface area contributed by atoms with E-state index in [-0.39, 0.29) is 36.8 Å². The van der Waals surface area contributed by atoms with Crippen LogP contribution in [0.15, 0.2) is 36.4 Å². The molecule has 4 heterocycles. The summed E-state index contributed by atoms with van der Waals surface area (Å²) >= 11 is 0. The molecule has 13 heteroatoms. The van der Waals surface area contributed by atoms with Gasteiger partial charge in [0.15, 0.2) is 0 Å². The number of nitrogens with one attached hydrogen (secondary N) is 1. The second kappa shape index (κ2) is 22.0. The number of ether oxygens (including phenoxy) is 3. The van der Waals surface area contributed by atoms with E-state index < -0.39 is 0 Å². The summed E-state index contributed by atoms with van der Waals surface area (Å²) in [6.07, 6.45) is 13.4. The van der Waals surface area contributed by atoms with Crippen molar-refractivity contribution in [2.24, 2.45) is 37.8 Å². The van der Waals surface area contributed by atoms with Crippen LogP contribution in [0.4, 0.5) is 0 Å². The molecule has 8 rings (SSSR count). The number of hydrogen-bond donors (Lipinski definition) is 2. The van der Waals surface area contributed by atoms with Gasteiger partial charge in [-0.05, 0) is 148 Å². The lowest BCUT2D eigenvalue weighted by molar-refractivity contribution is -0.140. The van der Waals surface area contributed by atoms with Crippen molar-refractivity contribution in [1.82, 2.24) is 24.3 Å². The Hall–Kier alpha value is -4.72. The number of nitrogens with zero attached hydrogens (tertiary/aromatic N) is 4. The Bertz CT molecular complexity index is 2270. The van der Waals surface area contributed by atoms with Crippen LogP contribution in [0, 0.1) is 23.7 Å². The van der Waals surface area contributed by atoms with Crippen LogP contribution in [0.1, 0.15) is 107 Å². The maximum atomic E-state index is 13.1. The van der Waals surface area contributed by atoms with Gasteiger partial charge < -0.3 is 43.6 Å². The second-order valence-corrected chi connectivity index (χ2v) is 18.6. The van der Waals surface area contributed by atoms with Crippen molar-refractivity contribution in [2.45, 2.75) is 89.9 Å². The fourth-order valence-electron chi connectivity index (χ4n) is 11.0. The molecule has 0 unspecified atom stereocenters. The number of aryl methyl sites for hydroxylation is 2. The van der Waals surface area contributed by atoms with Gasteiger partial charge in [0.2, 0.25) is 5.91 Å². The Balaban J connectivity index is 0.000000192. The maximum absolute atomic E-state index is 13.1. The Kier molecular flexibility index (Phi) is 16.2. The molecular weight excluding hydrogens is 811 g/mol. The number of amides is 3. The van der Waals surface area contributed by atoms with Crippen LogP contribution in [0.3, 0.4) is 0 Å². The molecule has 0 radical (unpaired) electrons. The summed E-state index contributed by atoms with van der Waals surface area (Å²) in [5, 5.41) is 13.9. The SMILES string of the molecule is CN(CCCC(=O)NCCO)C(=O)c1ccc2c(c1)c1c(n2C)CC[C@@H](C2CCOCC2)C1.COC(=O)CCCN(C)C(=O)c1ccc2c(c1)c1c(n2C)CC[C@@H](C2CCOCC2)C1. The first kappa shape index (κ1) is 47.2. The molecule has 4 aromatic rings. The number of aliphatic hydroxyl groups is 1. The highest BCUT2D eigenvalue weighted by Gasteiger charge is 2.33. The standard InChI is InChI=1S/C26H37N3O4.C25H34N2O4/c1-28(12-3-4-25(31)27-11-13-30)26(32)20-6-8-24-22(17-20)21-16-19(5-7-23(21)29(24)2)18-9-14-33-15-10-18;1-26(12-4-5-24(28)30-3)25(29)19-7-9-23-21(16-19)20-15-18(6-8-22(20)27(23)2)17-10-13-31-14-11-17/h6,8,17-19,30H,3-5,7,9-16H2,1-2H3,(H,27,31);7,9,16-18H,4-6,8,10-15H2,1-3H3/t19-;18-/m11/s1. The Labute approximate surface area is 378 Å². The predicted molar refractivity (Wildman–Crippen MR) is 248 cm³/mol. The van der Waals surface area contributed by atoms with E-state index >= 15 is 0 Å². The minimum absolute atomic E-state index is 0.00107. The first-order chi connectivity index (χ1) is 31.0. The van der Waals surface area contributed by atoms with Gasteiger partial charge in [0.25, 0.3) is 11.8 Å². The smallest absolute Gasteiger partial charge is 0.305 e. The van der Waals surface area contributed by atoms with Gasteiger partial charge in [-0.3, -0.25) is 19.2 Å². The normalized spacial score (nSPS) is 19.0. The molecular formula is C51H71N5O8. The molecule has 3 amide bonds. The number of methoxy groups -OCH3 is 1. The monoisotopic (exact) mass is 882 g/mol. The molecule has 0 spiro atoms. The van der Waals surface area contributed by atoms with E-state index in [2.05, 4.69) is 57.5 Å². The number of fused-ring (bicyclic) bond motifs is 6. The molecule has 348 valence electrons. The third-order valence-corrected chi connectivity index (χ3v) is 14.8. The van der Waals surface area contributed by atoms with Crippen LogP contribution in [-0.2, 0) is 63.6 Å². The number of benzene rings is 2. The highest BCUT2D eigenvalue weighted by Crippen LogP contribution is 2.41. The van der Waals surface area contributed by atoms with Gasteiger partial charge in [-0.25, -0.2) is 0 Å². The first-order valence-corrected chi connectivity index (χ1v) is 23.8. The molecule has 13 nitrogen and oxygen atoms in total. The highest BCUT2D eigenvalue weighted by molar-refractivity contribution is 6.00. The van der Waals surface area contributed by atoms with Gasteiger partial charge in [-0.15, -0.1) is 0 Å². The molecule has 64 heavy (non-hydrogen) atoms. The number of carbonyl (C=O) groups is 4. The van der Waals surface area contributed by atoms with Crippen molar-refractivity contribution in [3.05, 3.63) is 70.0 Å². The van der Waals surface area contributed by atoms with E-state index in [0.29, 0.717) is 56.2 Å². The fraction of sp³-hybridized carbons (Fsp3) is 0.608. The Morgan fingerprint density at radius 1 is 0.688 bits per heavy atom.